The minimum Gasteiger partial charge on any atom is -0.0616 e. The molecule has 212 valence electrons. The Labute approximate surface area is 266 Å². The molecule has 10 aromatic rings. The van der Waals surface area contributed by atoms with Crippen molar-refractivity contribution in [3.8, 4) is 22.3 Å². The average molecular weight is 581 g/mol. The highest BCUT2D eigenvalue weighted by Gasteiger charge is 2.16. The molecule has 0 atom stereocenters. The molecule has 0 aliphatic heterocycles. The number of hydrogen-bond donors (Lipinski definition) is 0. The molecule has 0 heterocycles. The van der Waals surface area contributed by atoms with Gasteiger partial charge < -0.3 is 0 Å². The van der Waals surface area contributed by atoms with Crippen molar-refractivity contribution in [2.45, 2.75) is 0 Å². The second-order valence-corrected chi connectivity index (χ2v) is 12.5. The first-order valence-electron chi connectivity index (χ1n) is 16.0. The van der Waals surface area contributed by atoms with Crippen molar-refractivity contribution in [1.29, 1.82) is 0 Å². The predicted molar refractivity (Wildman–Crippen MR) is 200 cm³/mol. The standard InChI is InChI=1S/C46H28/c1-2-12-35-30(10-1)11-9-19-36(35)33-23-21-29-20-22-31(26-34(29)27-33)32-24-25-40-39-15-5-7-17-42(39)45-41-16-6-3-13-37(41)38-14-4-8-18-43(38)46(45)44(40)28-32/h1-28H. The Morgan fingerprint density at radius 3 is 1.35 bits per heavy atom. The summed E-state index contributed by atoms with van der Waals surface area (Å²) in [6, 6.07) is 62.8. The molecule has 10 rings (SSSR count). The average Bonchev–Trinajstić information content (AvgIpc) is 3.13. The van der Waals surface area contributed by atoms with Crippen molar-refractivity contribution in [3.05, 3.63) is 170 Å². The molecule has 0 unspecified atom stereocenters. The van der Waals surface area contributed by atoms with Gasteiger partial charge in [0.1, 0.15) is 0 Å². The zero-order chi connectivity index (χ0) is 30.2. The molecule has 0 N–H and O–H groups in total. The van der Waals surface area contributed by atoms with Crippen LogP contribution < -0.4 is 0 Å². The fourth-order valence-corrected chi connectivity index (χ4v) is 7.87. The van der Waals surface area contributed by atoms with Crippen molar-refractivity contribution >= 4 is 75.4 Å². The molecule has 10 aromatic carbocycles. The topological polar surface area (TPSA) is 0 Å². The summed E-state index contributed by atoms with van der Waals surface area (Å²) in [4.78, 5) is 0. The summed E-state index contributed by atoms with van der Waals surface area (Å²) in [5, 5.41) is 18.2. The maximum absolute atomic E-state index is 2.43. The van der Waals surface area contributed by atoms with Gasteiger partial charge in [0.25, 0.3) is 0 Å². The van der Waals surface area contributed by atoms with Crippen LogP contribution in [0.3, 0.4) is 0 Å². The Hall–Kier alpha value is -5.98. The van der Waals surface area contributed by atoms with Gasteiger partial charge >= 0.3 is 0 Å². The summed E-state index contributed by atoms with van der Waals surface area (Å²) < 4.78 is 0. The van der Waals surface area contributed by atoms with Crippen LogP contribution in [-0.4, -0.2) is 0 Å². The van der Waals surface area contributed by atoms with Crippen molar-refractivity contribution < 1.29 is 0 Å². The molecule has 0 nitrogen and oxygen atoms in total. The van der Waals surface area contributed by atoms with Crippen LogP contribution in [0.1, 0.15) is 0 Å². The fourth-order valence-electron chi connectivity index (χ4n) is 7.87. The predicted octanol–water partition coefficient (Wildman–Crippen LogP) is 13.1. The second-order valence-electron chi connectivity index (χ2n) is 12.5. The quantitative estimate of drug-likeness (QED) is 0.178. The summed E-state index contributed by atoms with van der Waals surface area (Å²) in [5.74, 6) is 0. The molecule has 0 radical (unpaired) electrons. The maximum Gasteiger partial charge on any atom is -0.00137 e. The highest BCUT2D eigenvalue weighted by Crippen LogP contribution is 2.44. The zero-order valence-corrected chi connectivity index (χ0v) is 25.2. The van der Waals surface area contributed by atoms with Crippen molar-refractivity contribution in [2.75, 3.05) is 0 Å². The first-order valence-corrected chi connectivity index (χ1v) is 16.0. The van der Waals surface area contributed by atoms with E-state index in [1.54, 1.807) is 0 Å². The van der Waals surface area contributed by atoms with E-state index in [0.717, 1.165) is 0 Å². The molecule has 0 fully saturated rings. The normalized spacial score (nSPS) is 11.9. The van der Waals surface area contributed by atoms with Crippen LogP contribution in [0.5, 0.6) is 0 Å². The lowest BCUT2D eigenvalue weighted by molar-refractivity contribution is 1.66. The SMILES string of the molecule is c1ccc2c(-c3ccc4ccc(-c5ccc6c7ccccc7c7c8ccccc8c8ccccc8c7c6c5)cc4c3)cccc2c1. The number of hydrogen-bond acceptors (Lipinski definition) is 0. The lowest BCUT2D eigenvalue weighted by Crippen LogP contribution is -1.89. The number of benzene rings is 10. The van der Waals surface area contributed by atoms with E-state index in [2.05, 4.69) is 170 Å². The van der Waals surface area contributed by atoms with Crippen LogP contribution >= 0.6 is 0 Å². The van der Waals surface area contributed by atoms with Gasteiger partial charge in [0, 0.05) is 0 Å². The smallest absolute Gasteiger partial charge is 0.00137 e. The maximum atomic E-state index is 2.43. The van der Waals surface area contributed by atoms with Crippen LogP contribution in [0, 0.1) is 0 Å². The molecule has 0 aromatic heterocycles. The summed E-state index contributed by atoms with van der Waals surface area (Å²) >= 11 is 0. The van der Waals surface area contributed by atoms with E-state index < -0.39 is 0 Å². The van der Waals surface area contributed by atoms with Gasteiger partial charge in [-0.1, -0.05) is 152 Å². The Morgan fingerprint density at radius 1 is 0.217 bits per heavy atom. The van der Waals surface area contributed by atoms with Gasteiger partial charge in [-0.25, -0.2) is 0 Å². The highest BCUT2D eigenvalue weighted by atomic mass is 14.2. The van der Waals surface area contributed by atoms with Crippen LogP contribution in [0.4, 0.5) is 0 Å². The highest BCUT2D eigenvalue weighted by molar-refractivity contribution is 6.39. The van der Waals surface area contributed by atoms with Gasteiger partial charge in [-0.15, -0.1) is 0 Å². The molecular weight excluding hydrogens is 553 g/mol. The van der Waals surface area contributed by atoms with E-state index in [1.807, 2.05) is 0 Å². The number of rotatable bonds is 2. The fraction of sp³-hybridized carbons (Fsp3) is 0. The van der Waals surface area contributed by atoms with Crippen LogP contribution in [0.25, 0.3) is 97.7 Å². The van der Waals surface area contributed by atoms with E-state index in [1.165, 1.54) is 97.7 Å². The van der Waals surface area contributed by atoms with Crippen molar-refractivity contribution in [2.24, 2.45) is 0 Å². The van der Waals surface area contributed by atoms with E-state index in [0.29, 0.717) is 0 Å². The Kier molecular flexibility index (Phi) is 5.38. The van der Waals surface area contributed by atoms with Crippen molar-refractivity contribution in [3.63, 3.8) is 0 Å². The van der Waals surface area contributed by atoms with Gasteiger partial charge in [0.15, 0.2) is 0 Å². The molecule has 0 saturated carbocycles. The van der Waals surface area contributed by atoms with E-state index in [4.69, 9.17) is 0 Å². The summed E-state index contributed by atoms with van der Waals surface area (Å²) in [7, 11) is 0. The molecule has 0 aliphatic carbocycles. The third-order valence-corrected chi connectivity index (χ3v) is 9.98. The lowest BCUT2D eigenvalue weighted by Gasteiger charge is -2.17. The molecule has 0 aliphatic rings. The molecule has 46 heavy (non-hydrogen) atoms. The van der Waals surface area contributed by atoms with Crippen molar-refractivity contribution in [1.82, 2.24) is 0 Å². The Bertz CT molecular complexity index is 2830. The lowest BCUT2D eigenvalue weighted by atomic mass is 9.86. The number of fused-ring (bicyclic) bond motifs is 13. The minimum atomic E-state index is 1.23. The molecule has 0 saturated heterocycles. The summed E-state index contributed by atoms with van der Waals surface area (Å²) in [6.07, 6.45) is 0. The van der Waals surface area contributed by atoms with Crippen LogP contribution in [-0.2, 0) is 0 Å². The van der Waals surface area contributed by atoms with Crippen LogP contribution in [0.2, 0.25) is 0 Å². The van der Waals surface area contributed by atoms with Gasteiger partial charge in [0.2, 0.25) is 0 Å². The second kappa shape index (κ2) is 9.76. The monoisotopic (exact) mass is 580 g/mol. The molecule has 0 spiro atoms. The summed E-state index contributed by atoms with van der Waals surface area (Å²) in [6.45, 7) is 0. The third-order valence-electron chi connectivity index (χ3n) is 9.98. The Morgan fingerprint density at radius 2 is 0.674 bits per heavy atom. The molecule has 0 amide bonds. The van der Waals surface area contributed by atoms with E-state index >= 15 is 0 Å². The van der Waals surface area contributed by atoms with Gasteiger partial charge in [0.05, 0.1) is 0 Å². The van der Waals surface area contributed by atoms with E-state index in [9.17, 15) is 0 Å². The van der Waals surface area contributed by atoms with Gasteiger partial charge in [-0.3, -0.25) is 0 Å². The molecular formula is C46H28. The summed E-state index contributed by atoms with van der Waals surface area (Å²) in [5.41, 5.74) is 4.99. The first kappa shape index (κ1) is 25.4. The van der Waals surface area contributed by atoms with Crippen LogP contribution in [0.15, 0.2) is 170 Å². The first-order chi connectivity index (χ1) is 22.8. The largest absolute Gasteiger partial charge is 0.0616 e. The zero-order valence-electron chi connectivity index (χ0n) is 25.2. The Balaban J connectivity index is 1.25. The van der Waals surface area contributed by atoms with Gasteiger partial charge in [-0.2, -0.15) is 0 Å². The molecule has 0 bridgehead atoms. The minimum absolute atomic E-state index is 1.23. The van der Waals surface area contributed by atoms with Gasteiger partial charge in [-0.05, 0) is 116 Å². The molecule has 0 heteroatoms. The van der Waals surface area contributed by atoms with E-state index in [-0.39, 0.29) is 0 Å². The third kappa shape index (κ3) is 3.68.